The SMILES string of the molecule is Cc1ccccc1CS(=O)(=O)NC1CCN(C(=O)C2CCCCC2)C1. The lowest BCUT2D eigenvalue weighted by molar-refractivity contribution is -0.135. The van der Waals surface area contributed by atoms with Crippen LogP contribution in [0.2, 0.25) is 0 Å². The van der Waals surface area contributed by atoms with Crippen LogP contribution in [0.1, 0.15) is 49.7 Å². The molecule has 0 spiro atoms. The van der Waals surface area contributed by atoms with Crippen LogP contribution in [-0.4, -0.2) is 38.4 Å². The molecule has 138 valence electrons. The molecule has 3 rings (SSSR count). The second-order valence-corrected chi connectivity index (χ2v) is 9.16. The Balaban J connectivity index is 1.55. The van der Waals surface area contributed by atoms with Gasteiger partial charge in [0.15, 0.2) is 0 Å². The summed E-state index contributed by atoms with van der Waals surface area (Å²) in [7, 11) is -3.40. The summed E-state index contributed by atoms with van der Waals surface area (Å²) in [5.41, 5.74) is 1.80. The number of aryl methyl sites for hydroxylation is 1. The van der Waals surface area contributed by atoms with Crippen LogP contribution in [0, 0.1) is 12.8 Å². The number of hydrogen-bond donors (Lipinski definition) is 1. The molecule has 1 aromatic carbocycles. The van der Waals surface area contributed by atoms with Crippen molar-refractivity contribution < 1.29 is 13.2 Å². The standard InChI is InChI=1S/C19H28N2O3S/c1-15-7-5-6-10-17(15)14-25(23,24)20-18-11-12-21(13-18)19(22)16-8-3-2-4-9-16/h5-7,10,16,18,20H,2-4,8-9,11-14H2,1H3. The normalized spacial score (nSPS) is 22.3. The van der Waals surface area contributed by atoms with Crippen LogP contribution in [0.25, 0.3) is 0 Å². The van der Waals surface area contributed by atoms with Crippen LogP contribution in [0.4, 0.5) is 0 Å². The third-order valence-corrected chi connectivity index (χ3v) is 6.79. The van der Waals surface area contributed by atoms with E-state index in [2.05, 4.69) is 4.72 Å². The van der Waals surface area contributed by atoms with Crippen molar-refractivity contribution in [1.29, 1.82) is 0 Å². The van der Waals surface area contributed by atoms with E-state index in [-0.39, 0.29) is 23.6 Å². The molecule has 1 heterocycles. The summed E-state index contributed by atoms with van der Waals surface area (Å²) < 4.78 is 27.7. The molecule has 1 N–H and O–H groups in total. The lowest BCUT2D eigenvalue weighted by Crippen LogP contribution is -2.40. The van der Waals surface area contributed by atoms with Crippen LogP contribution < -0.4 is 4.72 Å². The molecule has 1 atom stereocenters. The minimum Gasteiger partial charge on any atom is -0.341 e. The maximum atomic E-state index is 12.6. The number of carbonyl (C=O) groups is 1. The summed E-state index contributed by atoms with van der Waals surface area (Å²) in [4.78, 5) is 14.5. The first-order valence-corrected chi connectivity index (χ1v) is 10.9. The van der Waals surface area contributed by atoms with E-state index >= 15 is 0 Å². The van der Waals surface area contributed by atoms with Gasteiger partial charge in [0.1, 0.15) is 0 Å². The first-order chi connectivity index (χ1) is 11.9. The lowest BCUT2D eigenvalue weighted by atomic mass is 9.88. The second kappa shape index (κ2) is 7.87. The van der Waals surface area contributed by atoms with Gasteiger partial charge >= 0.3 is 0 Å². The molecule has 0 radical (unpaired) electrons. The molecule has 1 saturated carbocycles. The van der Waals surface area contributed by atoms with Crippen molar-refractivity contribution >= 4 is 15.9 Å². The smallest absolute Gasteiger partial charge is 0.225 e. The molecule has 6 heteroatoms. The van der Waals surface area contributed by atoms with Gasteiger partial charge in [0.05, 0.1) is 5.75 Å². The number of amides is 1. The largest absolute Gasteiger partial charge is 0.341 e. The molecular formula is C19H28N2O3S. The fraction of sp³-hybridized carbons (Fsp3) is 0.632. The van der Waals surface area contributed by atoms with Crippen molar-refractivity contribution in [2.45, 2.75) is 57.2 Å². The van der Waals surface area contributed by atoms with Crippen molar-refractivity contribution in [2.75, 3.05) is 13.1 Å². The predicted octanol–water partition coefficient (Wildman–Crippen LogP) is 2.60. The molecule has 1 aliphatic carbocycles. The number of nitrogens with one attached hydrogen (secondary N) is 1. The molecule has 25 heavy (non-hydrogen) atoms. The second-order valence-electron chi connectivity index (χ2n) is 7.41. The van der Waals surface area contributed by atoms with Gasteiger partial charge in [-0.2, -0.15) is 0 Å². The Morgan fingerprint density at radius 2 is 1.88 bits per heavy atom. The number of likely N-dealkylation sites (tertiary alicyclic amines) is 1. The van der Waals surface area contributed by atoms with Crippen molar-refractivity contribution in [3.8, 4) is 0 Å². The lowest BCUT2D eigenvalue weighted by Gasteiger charge is -2.26. The highest BCUT2D eigenvalue weighted by atomic mass is 32.2. The minimum atomic E-state index is -3.40. The van der Waals surface area contributed by atoms with E-state index in [1.54, 1.807) is 0 Å². The third-order valence-electron chi connectivity index (χ3n) is 5.41. The summed E-state index contributed by atoms with van der Waals surface area (Å²) in [6, 6.07) is 7.37. The minimum absolute atomic E-state index is 0.00720. The summed E-state index contributed by atoms with van der Waals surface area (Å²) in [5, 5.41) is 0. The highest BCUT2D eigenvalue weighted by Crippen LogP contribution is 2.27. The molecule has 1 unspecified atom stereocenters. The van der Waals surface area contributed by atoms with Crippen LogP contribution in [0.3, 0.4) is 0 Å². The van der Waals surface area contributed by atoms with Gasteiger partial charge in [-0.1, -0.05) is 43.5 Å². The first-order valence-electron chi connectivity index (χ1n) is 9.28. The van der Waals surface area contributed by atoms with Gasteiger partial charge in [-0.25, -0.2) is 13.1 Å². The van der Waals surface area contributed by atoms with E-state index in [1.807, 2.05) is 36.1 Å². The zero-order valence-electron chi connectivity index (χ0n) is 14.9. The molecule has 5 nitrogen and oxygen atoms in total. The quantitative estimate of drug-likeness (QED) is 0.873. The van der Waals surface area contributed by atoms with E-state index in [4.69, 9.17) is 0 Å². The maximum absolute atomic E-state index is 12.6. The van der Waals surface area contributed by atoms with Crippen LogP contribution in [-0.2, 0) is 20.6 Å². The first kappa shape index (κ1) is 18.4. The maximum Gasteiger partial charge on any atom is 0.225 e. The Morgan fingerprint density at radius 1 is 1.16 bits per heavy atom. The fourth-order valence-electron chi connectivity index (χ4n) is 3.94. The van der Waals surface area contributed by atoms with E-state index in [1.165, 1.54) is 6.42 Å². The van der Waals surface area contributed by atoms with Crippen LogP contribution in [0.15, 0.2) is 24.3 Å². The Labute approximate surface area is 150 Å². The molecule has 2 aliphatic rings. The topological polar surface area (TPSA) is 66.5 Å². The summed E-state index contributed by atoms with van der Waals surface area (Å²) >= 11 is 0. The summed E-state index contributed by atoms with van der Waals surface area (Å²) in [6.45, 7) is 3.08. The van der Waals surface area contributed by atoms with Crippen LogP contribution >= 0.6 is 0 Å². The Bertz CT molecular complexity index is 711. The van der Waals surface area contributed by atoms with Crippen molar-refractivity contribution in [2.24, 2.45) is 5.92 Å². The van der Waals surface area contributed by atoms with Gasteiger partial charge in [-0.15, -0.1) is 0 Å². The molecule has 1 saturated heterocycles. The molecule has 0 aromatic heterocycles. The molecular weight excluding hydrogens is 336 g/mol. The highest BCUT2D eigenvalue weighted by molar-refractivity contribution is 7.88. The van der Waals surface area contributed by atoms with Crippen LogP contribution in [0.5, 0.6) is 0 Å². The Morgan fingerprint density at radius 3 is 2.60 bits per heavy atom. The monoisotopic (exact) mass is 364 g/mol. The Hall–Kier alpha value is -1.40. The average molecular weight is 365 g/mol. The zero-order chi connectivity index (χ0) is 17.9. The molecule has 0 bridgehead atoms. The fourth-order valence-corrected chi connectivity index (χ4v) is 5.45. The summed E-state index contributed by atoms with van der Waals surface area (Å²) in [5.74, 6) is 0.364. The number of nitrogens with zero attached hydrogens (tertiary/aromatic N) is 1. The third kappa shape index (κ3) is 4.82. The Kier molecular flexibility index (Phi) is 5.79. The number of hydrogen-bond acceptors (Lipinski definition) is 3. The van der Waals surface area contributed by atoms with Crippen molar-refractivity contribution in [1.82, 2.24) is 9.62 Å². The van der Waals surface area contributed by atoms with Gasteiger partial charge in [-0.3, -0.25) is 4.79 Å². The highest BCUT2D eigenvalue weighted by Gasteiger charge is 2.33. The number of sulfonamides is 1. The van der Waals surface area contributed by atoms with Gasteiger partial charge in [0.2, 0.25) is 15.9 Å². The zero-order valence-corrected chi connectivity index (χ0v) is 15.7. The molecule has 1 amide bonds. The number of carbonyl (C=O) groups excluding carboxylic acids is 1. The molecule has 1 aromatic rings. The van der Waals surface area contributed by atoms with Gasteiger partial charge in [0, 0.05) is 25.0 Å². The van der Waals surface area contributed by atoms with E-state index in [0.717, 1.165) is 36.8 Å². The molecule has 1 aliphatic heterocycles. The van der Waals surface area contributed by atoms with Crippen molar-refractivity contribution in [3.63, 3.8) is 0 Å². The van der Waals surface area contributed by atoms with Gasteiger partial charge in [-0.05, 0) is 37.3 Å². The van der Waals surface area contributed by atoms with E-state index < -0.39 is 10.0 Å². The van der Waals surface area contributed by atoms with E-state index in [0.29, 0.717) is 19.5 Å². The van der Waals surface area contributed by atoms with Gasteiger partial charge in [0.25, 0.3) is 0 Å². The summed E-state index contributed by atoms with van der Waals surface area (Å²) in [6.07, 6.45) is 6.17. The van der Waals surface area contributed by atoms with Crippen molar-refractivity contribution in [3.05, 3.63) is 35.4 Å². The number of rotatable bonds is 5. The molecule has 2 fully saturated rings. The average Bonchev–Trinajstić information content (AvgIpc) is 3.04. The van der Waals surface area contributed by atoms with Gasteiger partial charge < -0.3 is 4.90 Å². The predicted molar refractivity (Wildman–Crippen MR) is 98.5 cm³/mol. The van der Waals surface area contributed by atoms with E-state index in [9.17, 15) is 13.2 Å². The number of benzene rings is 1.